The maximum absolute atomic E-state index is 14.0. The van der Waals surface area contributed by atoms with Gasteiger partial charge in [-0.3, -0.25) is 0 Å². The molecule has 2 aliphatic heterocycles. The Balaban J connectivity index is 1.96. The number of fused-ring (bicyclic) bond motifs is 2. The molecule has 2 heterocycles. The van der Waals surface area contributed by atoms with Gasteiger partial charge < -0.3 is 14.5 Å². The number of hydrogen-bond acceptors (Lipinski definition) is 3. The molecule has 0 N–H and O–H groups in total. The number of alkyl halides is 1. The predicted molar refractivity (Wildman–Crippen MR) is 72.0 cm³/mol. The third-order valence-electron chi connectivity index (χ3n) is 3.75. The van der Waals surface area contributed by atoms with Crippen LogP contribution in [0, 0.1) is 0 Å². The zero-order valence-corrected chi connectivity index (χ0v) is 12.1. The summed E-state index contributed by atoms with van der Waals surface area (Å²) in [6, 6.07) is -0.340. The minimum atomic E-state index is -1.79. The highest BCUT2D eigenvalue weighted by Crippen LogP contribution is 2.24. The first-order valence-corrected chi connectivity index (χ1v) is 6.99. The van der Waals surface area contributed by atoms with Crippen LogP contribution in [0.5, 0.6) is 0 Å². The Morgan fingerprint density at radius 3 is 2.95 bits per heavy atom. The SMILES string of the molecule is CCC(C)OC(=O)C(F)CN1C(=O)N2CC(C)=CC1C2. The van der Waals surface area contributed by atoms with Crippen molar-refractivity contribution in [3.8, 4) is 0 Å². The van der Waals surface area contributed by atoms with Crippen molar-refractivity contribution >= 4 is 12.0 Å². The summed E-state index contributed by atoms with van der Waals surface area (Å²) < 4.78 is 18.9. The molecule has 0 aliphatic carbocycles. The van der Waals surface area contributed by atoms with Crippen molar-refractivity contribution in [2.75, 3.05) is 19.6 Å². The predicted octanol–water partition coefficient (Wildman–Crippen LogP) is 1.73. The number of halogens is 1. The molecule has 3 unspecified atom stereocenters. The quantitative estimate of drug-likeness (QED) is 0.570. The summed E-state index contributed by atoms with van der Waals surface area (Å²) in [6.45, 7) is 6.44. The summed E-state index contributed by atoms with van der Waals surface area (Å²) in [5.41, 5.74) is 1.09. The van der Waals surface area contributed by atoms with E-state index in [2.05, 4.69) is 0 Å². The topological polar surface area (TPSA) is 49.9 Å². The summed E-state index contributed by atoms with van der Waals surface area (Å²) >= 11 is 0. The maximum Gasteiger partial charge on any atom is 0.342 e. The van der Waals surface area contributed by atoms with Gasteiger partial charge in [-0.05, 0) is 20.3 Å². The lowest BCUT2D eigenvalue weighted by Gasteiger charge is -2.22. The lowest BCUT2D eigenvalue weighted by atomic mass is 10.1. The summed E-state index contributed by atoms with van der Waals surface area (Å²) in [5.74, 6) is -0.885. The van der Waals surface area contributed by atoms with Crippen molar-refractivity contribution in [3.05, 3.63) is 11.6 Å². The van der Waals surface area contributed by atoms with E-state index < -0.39 is 12.1 Å². The van der Waals surface area contributed by atoms with Crippen molar-refractivity contribution in [2.24, 2.45) is 0 Å². The monoisotopic (exact) mass is 284 g/mol. The molecule has 2 rings (SSSR count). The molecule has 0 saturated carbocycles. The molecule has 0 aromatic rings. The van der Waals surface area contributed by atoms with E-state index in [4.69, 9.17) is 4.74 Å². The zero-order chi connectivity index (χ0) is 14.9. The van der Waals surface area contributed by atoms with Crippen LogP contribution in [-0.2, 0) is 9.53 Å². The molecular weight excluding hydrogens is 263 g/mol. The second-order valence-electron chi connectivity index (χ2n) is 5.52. The standard InChI is InChI=1S/C14H21FN2O3/c1-4-10(3)20-13(18)12(15)8-17-11-5-9(2)6-16(7-11)14(17)19/h5,10-12H,4,6-8H2,1-3H3. The number of amides is 2. The average molecular weight is 284 g/mol. The molecular formula is C14H21FN2O3. The molecule has 20 heavy (non-hydrogen) atoms. The molecule has 0 radical (unpaired) electrons. The zero-order valence-electron chi connectivity index (χ0n) is 12.1. The van der Waals surface area contributed by atoms with E-state index in [1.165, 1.54) is 4.90 Å². The molecule has 1 fully saturated rings. The Morgan fingerprint density at radius 1 is 1.60 bits per heavy atom. The van der Waals surface area contributed by atoms with Crippen LogP contribution in [0.4, 0.5) is 9.18 Å². The smallest absolute Gasteiger partial charge is 0.342 e. The number of carbonyl (C=O) groups is 2. The van der Waals surface area contributed by atoms with Gasteiger partial charge in [-0.15, -0.1) is 0 Å². The van der Waals surface area contributed by atoms with Gasteiger partial charge in [-0.1, -0.05) is 18.6 Å². The van der Waals surface area contributed by atoms with E-state index in [1.807, 2.05) is 19.9 Å². The first kappa shape index (κ1) is 14.8. The minimum absolute atomic E-state index is 0.133. The van der Waals surface area contributed by atoms with E-state index >= 15 is 0 Å². The van der Waals surface area contributed by atoms with Crippen LogP contribution in [0.2, 0.25) is 0 Å². The van der Waals surface area contributed by atoms with Gasteiger partial charge >= 0.3 is 12.0 Å². The van der Waals surface area contributed by atoms with Gasteiger partial charge in [0, 0.05) is 13.1 Å². The van der Waals surface area contributed by atoms with Gasteiger partial charge in [0.25, 0.3) is 0 Å². The summed E-state index contributed by atoms with van der Waals surface area (Å²) in [5, 5.41) is 0. The Labute approximate surface area is 118 Å². The Morgan fingerprint density at radius 2 is 2.30 bits per heavy atom. The van der Waals surface area contributed by atoms with Crippen LogP contribution in [0.25, 0.3) is 0 Å². The second kappa shape index (κ2) is 5.81. The summed E-state index contributed by atoms with van der Waals surface area (Å²) in [7, 11) is 0. The number of hydrogen-bond donors (Lipinski definition) is 0. The van der Waals surface area contributed by atoms with E-state index in [-0.39, 0.29) is 24.7 Å². The Kier molecular flexibility index (Phi) is 4.30. The van der Waals surface area contributed by atoms with E-state index in [1.54, 1.807) is 11.8 Å². The van der Waals surface area contributed by atoms with Crippen LogP contribution in [-0.4, -0.2) is 59.8 Å². The van der Waals surface area contributed by atoms with E-state index in [0.29, 0.717) is 19.5 Å². The summed E-state index contributed by atoms with van der Waals surface area (Å²) in [4.78, 5) is 26.8. The van der Waals surface area contributed by atoms with Crippen LogP contribution in [0.15, 0.2) is 11.6 Å². The maximum atomic E-state index is 14.0. The highest BCUT2D eigenvalue weighted by Gasteiger charge is 2.41. The van der Waals surface area contributed by atoms with E-state index in [9.17, 15) is 14.0 Å². The Hall–Kier alpha value is -1.59. The molecule has 2 bridgehead atoms. The number of rotatable bonds is 5. The number of nitrogens with zero attached hydrogens (tertiary/aromatic N) is 2. The highest BCUT2D eigenvalue weighted by atomic mass is 19.1. The van der Waals surface area contributed by atoms with Crippen molar-refractivity contribution in [1.82, 2.24) is 9.80 Å². The molecule has 5 nitrogen and oxygen atoms in total. The summed E-state index contributed by atoms with van der Waals surface area (Å²) in [6.07, 6.45) is 0.510. The fraction of sp³-hybridized carbons (Fsp3) is 0.714. The average Bonchev–Trinajstić information content (AvgIpc) is 2.62. The van der Waals surface area contributed by atoms with Crippen molar-refractivity contribution in [2.45, 2.75) is 45.5 Å². The molecule has 0 aromatic heterocycles. The third kappa shape index (κ3) is 2.94. The number of carbonyl (C=O) groups excluding carboxylic acids is 2. The number of urea groups is 1. The molecule has 0 aromatic carbocycles. The van der Waals surface area contributed by atoms with Gasteiger partial charge in [-0.2, -0.15) is 0 Å². The van der Waals surface area contributed by atoms with Crippen molar-refractivity contribution < 1.29 is 18.7 Å². The van der Waals surface area contributed by atoms with Gasteiger partial charge in [0.2, 0.25) is 6.17 Å². The van der Waals surface area contributed by atoms with E-state index in [0.717, 1.165) is 5.57 Å². The highest BCUT2D eigenvalue weighted by molar-refractivity contribution is 5.81. The Bertz CT molecular complexity index is 438. The molecule has 1 saturated heterocycles. The molecule has 3 atom stereocenters. The van der Waals surface area contributed by atoms with Gasteiger partial charge in [0.1, 0.15) is 0 Å². The van der Waals surface area contributed by atoms with Gasteiger partial charge in [0.05, 0.1) is 18.7 Å². The normalized spacial score (nSPS) is 24.5. The molecule has 0 spiro atoms. The van der Waals surface area contributed by atoms with Crippen LogP contribution in [0.1, 0.15) is 27.2 Å². The van der Waals surface area contributed by atoms with Crippen molar-refractivity contribution in [3.63, 3.8) is 0 Å². The number of esters is 1. The molecule has 2 aliphatic rings. The first-order valence-electron chi connectivity index (χ1n) is 6.99. The van der Waals surface area contributed by atoms with Crippen LogP contribution >= 0.6 is 0 Å². The largest absolute Gasteiger partial charge is 0.460 e. The second-order valence-corrected chi connectivity index (χ2v) is 5.52. The van der Waals surface area contributed by atoms with Crippen molar-refractivity contribution in [1.29, 1.82) is 0 Å². The van der Waals surface area contributed by atoms with Crippen LogP contribution < -0.4 is 0 Å². The number of ether oxygens (including phenoxy) is 1. The van der Waals surface area contributed by atoms with Crippen LogP contribution in [0.3, 0.4) is 0 Å². The lowest BCUT2D eigenvalue weighted by Crippen LogP contribution is -2.41. The minimum Gasteiger partial charge on any atom is -0.460 e. The fourth-order valence-electron chi connectivity index (χ4n) is 2.50. The third-order valence-corrected chi connectivity index (χ3v) is 3.75. The van der Waals surface area contributed by atoms with Gasteiger partial charge in [-0.25, -0.2) is 14.0 Å². The molecule has 6 heteroatoms. The first-order chi connectivity index (χ1) is 9.42. The lowest BCUT2D eigenvalue weighted by molar-refractivity contribution is -0.154. The molecule has 112 valence electrons. The molecule has 2 amide bonds. The fourth-order valence-corrected chi connectivity index (χ4v) is 2.50. The van der Waals surface area contributed by atoms with Gasteiger partial charge in [0.15, 0.2) is 0 Å².